The van der Waals surface area contributed by atoms with E-state index in [2.05, 4.69) is 13.6 Å². The predicted molar refractivity (Wildman–Crippen MR) is 75.5 cm³/mol. The van der Waals surface area contributed by atoms with Crippen LogP contribution in [-0.2, 0) is 22.7 Å². The van der Waals surface area contributed by atoms with Gasteiger partial charge in [0, 0.05) is 14.2 Å². The van der Waals surface area contributed by atoms with Crippen molar-refractivity contribution in [3.63, 3.8) is 0 Å². The SMILES string of the molecule is COP(=O)(OC)C(Cl)(Cl)P(=O)([O-])OC(=O)c1ccccc1. The van der Waals surface area contributed by atoms with Crippen LogP contribution in [0.1, 0.15) is 10.4 Å². The monoisotopic (exact) mass is 375 g/mol. The Labute approximate surface area is 131 Å². The molecule has 0 aliphatic carbocycles. The maximum atomic E-state index is 12.1. The first-order valence-corrected chi connectivity index (χ1v) is 9.15. The largest absolute Gasteiger partial charge is 0.766 e. The van der Waals surface area contributed by atoms with Crippen LogP contribution in [0.3, 0.4) is 0 Å². The number of halogens is 2. The van der Waals surface area contributed by atoms with Crippen LogP contribution in [0.25, 0.3) is 0 Å². The summed E-state index contributed by atoms with van der Waals surface area (Å²) in [7, 11) is -8.05. The molecule has 1 rings (SSSR count). The van der Waals surface area contributed by atoms with E-state index in [1.54, 1.807) is 6.07 Å². The lowest BCUT2D eigenvalue weighted by Crippen LogP contribution is -2.27. The number of benzene rings is 1. The van der Waals surface area contributed by atoms with Crippen molar-refractivity contribution < 1.29 is 32.4 Å². The quantitative estimate of drug-likeness (QED) is 0.556. The first kappa shape index (κ1) is 18.7. The third-order valence-electron chi connectivity index (χ3n) is 2.35. The van der Waals surface area contributed by atoms with Crippen molar-refractivity contribution in [2.45, 2.75) is 3.82 Å². The second kappa shape index (κ2) is 6.80. The summed E-state index contributed by atoms with van der Waals surface area (Å²) in [5.74, 6) is -1.22. The molecule has 11 heteroatoms. The van der Waals surface area contributed by atoms with Crippen LogP contribution >= 0.6 is 38.4 Å². The minimum atomic E-state index is -5.35. The molecular weight excluding hydrogens is 365 g/mol. The van der Waals surface area contributed by atoms with Crippen molar-refractivity contribution in [1.82, 2.24) is 0 Å². The number of hydrogen-bond donors (Lipinski definition) is 0. The minimum Gasteiger partial charge on any atom is -0.766 e. The van der Waals surface area contributed by atoms with Crippen molar-refractivity contribution in [2.75, 3.05) is 14.2 Å². The Bertz CT molecular complexity index is 597. The zero-order valence-electron chi connectivity index (χ0n) is 10.9. The topological polar surface area (TPSA) is 102 Å². The average molecular weight is 376 g/mol. The standard InChI is InChI=1S/C10H12Cl2O7P2/c1-17-21(16,18-2)10(11,12)20(14,15)19-9(13)8-6-4-3-5-7-8/h3-7H,1-2H3,(H,14,15)/p-1. The predicted octanol–water partition coefficient (Wildman–Crippen LogP) is 2.97. The number of alkyl halides is 2. The third kappa shape index (κ3) is 3.69. The van der Waals surface area contributed by atoms with E-state index >= 15 is 0 Å². The van der Waals surface area contributed by atoms with E-state index in [0.717, 1.165) is 14.2 Å². The molecule has 0 aromatic heterocycles. The van der Waals surface area contributed by atoms with Crippen LogP contribution in [0, 0.1) is 0 Å². The highest BCUT2D eigenvalue weighted by Gasteiger charge is 2.58. The molecule has 0 amide bonds. The molecule has 0 N–H and O–H groups in total. The molecule has 0 aliphatic rings. The number of rotatable bonds is 6. The summed E-state index contributed by atoms with van der Waals surface area (Å²) in [5.41, 5.74) is -0.0534. The van der Waals surface area contributed by atoms with Gasteiger partial charge in [-0.1, -0.05) is 41.4 Å². The average Bonchev–Trinajstić information content (AvgIpc) is 2.46. The molecule has 0 heterocycles. The van der Waals surface area contributed by atoms with Crippen molar-refractivity contribution >= 4 is 44.4 Å². The molecule has 1 atom stereocenters. The zero-order chi connectivity index (χ0) is 16.3. The minimum absolute atomic E-state index is 0.0534. The van der Waals surface area contributed by atoms with E-state index in [4.69, 9.17) is 23.2 Å². The van der Waals surface area contributed by atoms with Crippen LogP contribution in [0.2, 0.25) is 0 Å². The second-order valence-corrected chi connectivity index (χ2v) is 10.6. The molecule has 0 spiro atoms. The van der Waals surface area contributed by atoms with Gasteiger partial charge in [-0.05, 0) is 12.1 Å². The Kier molecular flexibility index (Phi) is 6.04. The normalized spacial score (nSPS) is 15.3. The summed E-state index contributed by atoms with van der Waals surface area (Å²) in [5, 5.41) is 0. The molecule has 0 saturated carbocycles. The van der Waals surface area contributed by atoms with Gasteiger partial charge in [0.15, 0.2) is 0 Å². The van der Waals surface area contributed by atoms with Gasteiger partial charge in [0.05, 0.1) is 5.56 Å². The molecule has 0 fully saturated rings. The van der Waals surface area contributed by atoms with Crippen molar-refractivity contribution in [3.8, 4) is 0 Å². The molecule has 21 heavy (non-hydrogen) atoms. The van der Waals surface area contributed by atoms with E-state index in [1.165, 1.54) is 24.3 Å². The number of carbonyl (C=O) groups excluding carboxylic acids is 1. The zero-order valence-corrected chi connectivity index (χ0v) is 14.2. The first-order valence-electron chi connectivity index (χ1n) is 5.31. The van der Waals surface area contributed by atoms with E-state index in [1.807, 2.05) is 0 Å². The molecule has 7 nitrogen and oxygen atoms in total. The highest BCUT2D eigenvalue weighted by atomic mass is 35.5. The van der Waals surface area contributed by atoms with Gasteiger partial charge >= 0.3 is 13.6 Å². The fourth-order valence-electron chi connectivity index (χ4n) is 1.24. The second-order valence-electron chi connectivity index (χ2n) is 3.61. The van der Waals surface area contributed by atoms with Crippen molar-refractivity contribution in [2.24, 2.45) is 0 Å². The molecule has 1 aromatic rings. The van der Waals surface area contributed by atoms with E-state index < -0.39 is 25.0 Å². The molecule has 0 saturated heterocycles. The highest BCUT2D eigenvalue weighted by molar-refractivity contribution is 7.79. The fraction of sp³-hybridized carbons (Fsp3) is 0.300. The number of carbonyl (C=O) groups is 1. The lowest BCUT2D eigenvalue weighted by atomic mass is 10.2. The van der Waals surface area contributed by atoms with E-state index in [-0.39, 0.29) is 5.56 Å². The van der Waals surface area contributed by atoms with Gasteiger partial charge in [-0.2, -0.15) is 0 Å². The van der Waals surface area contributed by atoms with Crippen LogP contribution in [0.15, 0.2) is 30.3 Å². The highest BCUT2D eigenvalue weighted by Crippen LogP contribution is 2.77. The van der Waals surface area contributed by atoms with E-state index in [9.17, 15) is 18.8 Å². The Hall–Kier alpha value is -0.390. The van der Waals surface area contributed by atoms with E-state index in [0.29, 0.717) is 0 Å². The summed E-state index contributed by atoms with van der Waals surface area (Å²) in [6, 6.07) is 7.24. The lowest BCUT2D eigenvalue weighted by Gasteiger charge is -2.36. The summed E-state index contributed by atoms with van der Waals surface area (Å²) >= 11 is 11.1. The van der Waals surface area contributed by atoms with Crippen molar-refractivity contribution in [3.05, 3.63) is 35.9 Å². The lowest BCUT2D eigenvalue weighted by molar-refractivity contribution is -0.194. The smallest absolute Gasteiger partial charge is 0.375 e. The Morgan fingerprint density at radius 2 is 1.62 bits per heavy atom. The van der Waals surface area contributed by atoms with Gasteiger partial charge in [-0.3, -0.25) is 9.13 Å². The molecule has 0 bridgehead atoms. The van der Waals surface area contributed by atoms with Crippen molar-refractivity contribution in [1.29, 1.82) is 0 Å². The van der Waals surface area contributed by atoms with Crippen LogP contribution in [-0.4, -0.2) is 24.0 Å². The molecule has 0 radical (unpaired) electrons. The Balaban J connectivity index is 3.09. The molecule has 1 aromatic carbocycles. The first-order chi connectivity index (χ1) is 9.61. The molecule has 118 valence electrons. The summed E-state index contributed by atoms with van der Waals surface area (Å²) in [6.07, 6.45) is 0. The maximum Gasteiger partial charge on any atom is 0.375 e. The van der Waals surface area contributed by atoms with Gasteiger partial charge in [0.2, 0.25) is 7.60 Å². The van der Waals surface area contributed by atoms with Gasteiger partial charge in [-0.15, -0.1) is 0 Å². The van der Waals surface area contributed by atoms with Crippen LogP contribution in [0.5, 0.6) is 0 Å². The fourth-order valence-corrected chi connectivity index (χ4v) is 5.10. The van der Waals surface area contributed by atoms with Gasteiger partial charge in [-0.25, -0.2) is 4.79 Å². The van der Waals surface area contributed by atoms with Gasteiger partial charge < -0.3 is 18.5 Å². The molecule has 0 aliphatic heterocycles. The van der Waals surface area contributed by atoms with Gasteiger partial charge in [0.25, 0.3) is 3.82 Å². The maximum absolute atomic E-state index is 12.1. The van der Waals surface area contributed by atoms with Crippen LogP contribution in [0.4, 0.5) is 0 Å². The summed E-state index contributed by atoms with van der Waals surface area (Å²) < 4.78 is 34.1. The third-order valence-corrected chi connectivity index (χ3v) is 8.99. The Morgan fingerprint density at radius 1 is 1.14 bits per heavy atom. The summed E-state index contributed by atoms with van der Waals surface area (Å²) in [6.45, 7) is 0. The molecule has 1 unspecified atom stereocenters. The van der Waals surface area contributed by atoms with Gasteiger partial charge in [0.1, 0.15) is 0 Å². The Morgan fingerprint density at radius 3 is 2.05 bits per heavy atom. The number of hydrogen-bond acceptors (Lipinski definition) is 7. The molecular formula is C10H11Cl2O7P2-. The summed E-state index contributed by atoms with van der Waals surface area (Å²) in [4.78, 5) is 23.7. The van der Waals surface area contributed by atoms with Crippen LogP contribution < -0.4 is 4.89 Å².